The fraction of sp³-hybridized carbons (Fsp3) is 0.412. The Morgan fingerprint density at radius 1 is 1.08 bits per heavy atom. The summed E-state index contributed by atoms with van der Waals surface area (Å²) in [6, 6.07) is 10.9. The molecular weight excluding hydrogens is 320 g/mol. The predicted molar refractivity (Wildman–Crippen MR) is 93.1 cm³/mol. The van der Waals surface area contributed by atoms with Crippen molar-refractivity contribution >= 4 is 11.8 Å². The molecule has 0 spiro atoms. The number of rotatable bonds is 5. The Kier molecular flexibility index (Phi) is 4.60. The average Bonchev–Trinajstić information content (AvgIpc) is 3.33. The zero-order valence-electron chi connectivity index (χ0n) is 13.5. The number of tetrazole rings is 1. The van der Waals surface area contributed by atoms with Gasteiger partial charge in [0.1, 0.15) is 0 Å². The minimum Gasteiger partial charge on any atom is -0.241 e. The molecule has 2 heterocycles. The molecule has 0 aliphatic heterocycles. The van der Waals surface area contributed by atoms with Crippen LogP contribution < -0.4 is 0 Å². The summed E-state index contributed by atoms with van der Waals surface area (Å²) < 4.78 is 3.89. The van der Waals surface area contributed by atoms with Crippen molar-refractivity contribution in [1.82, 2.24) is 30.0 Å². The van der Waals surface area contributed by atoms with Crippen LogP contribution in [0.2, 0.25) is 0 Å². The normalized spacial score (nSPS) is 15.7. The monoisotopic (exact) mass is 340 g/mol. The van der Waals surface area contributed by atoms with Crippen molar-refractivity contribution in [2.45, 2.75) is 49.1 Å². The van der Waals surface area contributed by atoms with Gasteiger partial charge in [-0.1, -0.05) is 43.2 Å². The Bertz CT molecular complexity index is 759. The van der Waals surface area contributed by atoms with Gasteiger partial charge in [-0.05, 0) is 47.0 Å². The third kappa shape index (κ3) is 3.36. The lowest BCUT2D eigenvalue weighted by atomic mass is 9.96. The van der Waals surface area contributed by atoms with Crippen molar-refractivity contribution in [2.24, 2.45) is 0 Å². The summed E-state index contributed by atoms with van der Waals surface area (Å²) in [5, 5.41) is 17.5. The highest BCUT2D eigenvalue weighted by atomic mass is 32.2. The Balaban J connectivity index is 1.41. The second-order valence-electron chi connectivity index (χ2n) is 6.10. The first kappa shape index (κ1) is 15.4. The predicted octanol–water partition coefficient (Wildman–Crippen LogP) is 3.66. The maximum atomic E-state index is 4.25. The molecule has 24 heavy (non-hydrogen) atoms. The lowest BCUT2D eigenvalue weighted by Gasteiger charge is -2.21. The number of thioether (sulfide) groups is 1. The summed E-state index contributed by atoms with van der Waals surface area (Å²) >= 11 is 1.71. The summed E-state index contributed by atoms with van der Waals surface area (Å²) in [6.45, 7) is 0. The van der Waals surface area contributed by atoms with Crippen LogP contribution in [-0.2, 0) is 5.75 Å². The van der Waals surface area contributed by atoms with Crippen LogP contribution >= 0.6 is 11.8 Å². The molecule has 0 radical (unpaired) electrons. The van der Waals surface area contributed by atoms with E-state index in [0.29, 0.717) is 6.04 Å². The first-order chi connectivity index (χ1) is 11.9. The molecule has 0 atom stereocenters. The lowest BCUT2D eigenvalue weighted by molar-refractivity contribution is 0.307. The van der Waals surface area contributed by atoms with Gasteiger partial charge in [-0.15, -0.1) is 5.10 Å². The van der Waals surface area contributed by atoms with E-state index in [1.54, 1.807) is 18.0 Å². The summed E-state index contributed by atoms with van der Waals surface area (Å²) in [5.41, 5.74) is 2.33. The molecule has 0 saturated heterocycles. The van der Waals surface area contributed by atoms with Crippen molar-refractivity contribution in [3.8, 4) is 5.69 Å². The van der Waals surface area contributed by atoms with Crippen LogP contribution in [0.3, 0.4) is 0 Å². The second kappa shape index (κ2) is 7.17. The van der Waals surface area contributed by atoms with Crippen molar-refractivity contribution in [3.63, 3.8) is 0 Å². The van der Waals surface area contributed by atoms with Crippen LogP contribution in [0.15, 0.2) is 47.9 Å². The quantitative estimate of drug-likeness (QED) is 0.663. The van der Waals surface area contributed by atoms with Gasteiger partial charge in [0.15, 0.2) is 0 Å². The highest BCUT2D eigenvalue weighted by Crippen LogP contribution is 2.31. The summed E-state index contributed by atoms with van der Waals surface area (Å²) in [6.07, 6.45) is 10.0. The molecule has 6 nitrogen and oxygen atoms in total. The fourth-order valence-corrected chi connectivity index (χ4v) is 4.05. The molecule has 124 valence electrons. The van der Waals surface area contributed by atoms with Crippen molar-refractivity contribution in [2.75, 3.05) is 0 Å². The third-order valence-electron chi connectivity index (χ3n) is 4.46. The molecule has 3 aromatic rings. The molecule has 1 fully saturated rings. The highest BCUT2D eigenvalue weighted by molar-refractivity contribution is 7.98. The molecule has 1 saturated carbocycles. The molecule has 2 aromatic heterocycles. The number of hydrogen-bond donors (Lipinski definition) is 0. The number of nitrogens with zero attached hydrogens (tertiary/aromatic N) is 6. The van der Waals surface area contributed by atoms with E-state index >= 15 is 0 Å². The van der Waals surface area contributed by atoms with Gasteiger partial charge in [0, 0.05) is 18.1 Å². The largest absolute Gasteiger partial charge is 0.241 e. The fourth-order valence-electron chi connectivity index (χ4n) is 3.15. The Morgan fingerprint density at radius 3 is 2.67 bits per heavy atom. The van der Waals surface area contributed by atoms with Gasteiger partial charge in [0.05, 0.1) is 11.7 Å². The van der Waals surface area contributed by atoms with Gasteiger partial charge in [-0.25, -0.2) is 9.36 Å². The summed E-state index contributed by atoms with van der Waals surface area (Å²) in [5.74, 6) is 0.868. The molecule has 4 rings (SSSR count). The van der Waals surface area contributed by atoms with E-state index in [0.717, 1.165) is 16.6 Å². The number of aromatic nitrogens is 6. The number of benzene rings is 1. The number of hydrogen-bond acceptors (Lipinski definition) is 5. The van der Waals surface area contributed by atoms with Crippen LogP contribution in [0.1, 0.15) is 43.7 Å². The van der Waals surface area contributed by atoms with Crippen LogP contribution in [-0.4, -0.2) is 30.0 Å². The van der Waals surface area contributed by atoms with Gasteiger partial charge >= 0.3 is 0 Å². The Labute approximate surface area is 145 Å². The molecule has 0 unspecified atom stereocenters. The van der Waals surface area contributed by atoms with Crippen LogP contribution in [0.5, 0.6) is 0 Å². The topological polar surface area (TPSA) is 61.4 Å². The summed E-state index contributed by atoms with van der Waals surface area (Å²) in [4.78, 5) is 0. The third-order valence-corrected chi connectivity index (χ3v) is 5.46. The van der Waals surface area contributed by atoms with Crippen LogP contribution in [0.4, 0.5) is 0 Å². The molecule has 0 bridgehead atoms. The van der Waals surface area contributed by atoms with Crippen LogP contribution in [0.25, 0.3) is 5.69 Å². The van der Waals surface area contributed by atoms with E-state index in [1.165, 1.54) is 37.7 Å². The standard InChI is InChI=1S/C17H20N6S/c1-2-5-16(6-3-1)23-17(19-20-21-23)24-13-14-7-9-15(10-8-14)22-12-4-11-18-22/h4,7-12,16H,1-3,5-6,13H2. The van der Waals surface area contributed by atoms with E-state index in [1.807, 2.05) is 21.6 Å². The Morgan fingerprint density at radius 2 is 1.92 bits per heavy atom. The maximum Gasteiger partial charge on any atom is 0.209 e. The van der Waals surface area contributed by atoms with Crippen LogP contribution in [0, 0.1) is 0 Å². The van der Waals surface area contributed by atoms with Gasteiger partial charge in [-0.2, -0.15) is 5.10 Å². The average molecular weight is 340 g/mol. The Hall–Kier alpha value is -2.15. The molecule has 1 aliphatic carbocycles. The first-order valence-corrected chi connectivity index (χ1v) is 9.38. The van der Waals surface area contributed by atoms with E-state index in [2.05, 4.69) is 44.9 Å². The zero-order chi connectivity index (χ0) is 16.2. The highest BCUT2D eigenvalue weighted by Gasteiger charge is 2.20. The molecule has 7 heteroatoms. The lowest BCUT2D eigenvalue weighted by Crippen LogP contribution is -2.15. The van der Waals surface area contributed by atoms with Crippen molar-refractivity contribution in [3.05, 3.63) is 48.3 Å². The van der Waals surface area contributed by atoms with E-state index in [-0.39, 0.29) is 0 Å². The second-order valence-corrected chi connectivity index (χ2v) is 7.05. The van der Waals surface area contributed by atoms with E-state index in [4.69, 9.17) is 0 Å². The van der Waals surface area contributed by atoms with Gasteiger partial charge in [-0.3, -0.25) is 0 Å². The maximum absolute atomic E-state index is 4.25. The minimum absolute atomic E-state index is 0.471. The molecule has 1 aliphatic rings. The molecule has 0 amide bonds. The van der Waals surface area contributed by atoms with Gasteiger partial charge in [0.2, 0.25) is 5.16 Å². The van der Waals surface area contributed by atoms with Crippen molar-refractivity contribution < 1.29 is 0 Å². The molecular formula is C17H20N6S. The van der Waals surface area contributed by atoms with E-state index in [9.17, 15) is 0 Å². The summed E-state index contributed by atoms with van der Waals surface area (Å²) in [7, 11) is 0. The molecule has 0 N–H and O–H groups in total. The van der Waals surface area contributed by atoms with E-state index < -0.39 is 0 Å². The van der Waals surface area contributed by atoms with Gasteiger partial charge < -0.3 is 0 Å². The SMILES string of the molecule is c1cnn(-c2ccc(CSc3nnnn3C3CCCCC3)cc2)c1. The first-order valence-electron chi connectivity index (χ1n) is 8.40. The zero-order valence-corrected chi connectivity index (χ0v) is 14.3. The smallest absolute Gasteiger partial charge is 0.209 e. The van der Waals surface area contributed by atoms with Gasteiger partial charge in [0.25, 0.3) is 0 Å². The molecule has 1 aromatic carbocycles. The minimum atomic E-state index is 0.471. The van der Waals surface area contributed by atoms with Crippen molar-refractivity contribution in [1.29, 1.82) is 0 Å².